The Bertz CT molecular complexity index is 653. The number of aryl methyl sites for hydroxylation is 3. The van der Waals surface area contributed by atoms with Gasteiger partial charge >= 0.3 is 0 Å². The number of hydrogen-bond acceptors (Lipinski definition) is 4. The smallest absolute Gasteiger partial charge is 0.255 e. The van der Waals surface area contributed by atoms with Crippen LogP contribution < -0.4 is 11.1 Å². The van der Waals surface area contributed by atoms with Crippen molar-refractivity contribution in [2.24, 2.45) is 0 Å². The summed E-state index contributed by atoms with van der Waals surface area (Å²) in [7, 11) is 0. The van der Waals surface area contributed by atoms with Crippen LogP contribution in [0.4, 0.5) is 5.82 Å². The number of nitrogens with two attached hydrogens (primary N) is 1. The lowest BCUT2D eigenvalue weighted by Gasteiger charge is -2.08. The maximum Gasteiger partial charge on any atom is 0.255 e. The standard InChI is InChI=1S/C14H18BrN5O/c1-9-6-10(2)20(19-9)5-3-4-17-14(21)12-7-11(15)8-18-13(12)16/h6-8H,3-5H2,1-2H3,(H2,16,18)(H,17,21). The molecular formula is C14H18BrN5O. The van der Waals surface area contributed by atoms with Gasteiger partial charge in [0.15, 0.2) is 0 Å². The number of rotatable bonds is 5. The maximum absolute atomic E-state index is 12.0. The van der Waals surface area contributed by atoms with Crippen molar-refractivity contribution in [2.45, 2.75) is 26.8 Å². The van der Waals surface area contributed by atoms with Crippen molar-refractivity contribution in [2.75, 3.05) is 12.3 Å². The van der Waals surface area contributed by atoms with Crippen LogP contribution in [0.25, 0.3) is 0 Å². The molecule has 0 fully saturated rings. The average molecular weight is 352 g/mol. The largest absolute Gasteiger partial charge is 0.383 e. The highest BCUT2D eigenvalue weighted by atomic mass is 79.9. The summed E-state index contributed by atoms with van der Waals surface area (Å²) in [6.45, 7) is 5.32. The summed E-state index contributed by atoms with van der Waals surface area (Å²) < 4.78 is 2.67. The average Bonchev–Trinajstić information content (AvgIpc) is 2.75. The van der Waals surface area contributed by atoms with E-state index in [2.05, 4.69) is 31.3 Å². The van der Waals surface area contributed by atoms with Gasteiger partial charge in [0.25, 0.3) is 5.91 Å². The van der Waals surface area contributed by atoms with E-state index in [0.29, 0.717) is 12.1 Å². The fourth-order valence-electron chi connectivity index (χ4n) is 2.06. The number of pyridine rings is 1. The second-order valence-electron chi connectivity index (χ2n) is 4.85. The van der Waals surface area contributed by atoms with Gasteiger partial charge in [-0.25, -0.2) is 4.98 Å². The molecule has 1 amide bonds. The van der Waals surface area contributed by atoms with Crippen LogP contribution in [0.15, 0.2) is 22.8 Å². The van der Waals surface area contributed by atoms with Crippen LogP contribution >= 0.6 is 15.9 Å². The SMILES string of the molecule is Cc1cc(C)n(CCCNC(=O)c2cc(Br)cnc2N)n1. The van der Waals surface area contributed by atoms with E-state index in [-0.39, 0.29) is 11.7 Å². The van der Waals surface area contributed by atoms with Crippen molar-refractivity contribution in [1.29, 1.82) is 0 Å². The van der Waals surface area contributed by atoms with Gasteiger partial charge in [-0.3, -0.25) is 9.48 Å². The molecule has 0 radical (unpaired) electrons. The number of nitrogens with one attached hydrogen (secondary N) is 1. The number of nitrogens with zero attached hydrogens (tertiary/aromatic N) is 3. The molecule has 0 spiro atoms. The Morgan fingerprint density at radius 1 is 1.43 bits per heavy atom. The second kappa shape index (κ2) is 6.71. The number of hydrogen-bond donors (Lipinski definition) is 2. The van der Waals surface area contributed by atoms with E-state index in [0.717, 1.165) is 28.8 Å². The van der Waals surface area contributed by atoms with Crippen LogP contribution in [-0.2, 0) is 6.54 Å². The molecule has 3 N–H and O–H groups in total. The molecule has 2 heterocycles. The first-order valence-electron chi connectivity index (χ1n) is 6.67. The number of amides is 1. The highest BCUT2D eigenvalue weighted by Crippen LogP contribution is 2.15. The van der Waals surface area contributed by atoms with Crippen molar-refractivity contribution in [1.82, 2.24) is 20.1 Å². The lowest BCUT2D eigenvalue weighted by molar-refractivity contribution is 0.0953. The minimum Gasteiger partial charge on any atom is -0.383 e. The first-order valence-corrected chi connectivity index (χ1v) is 7.47. The molecule has 0 aromatic carbocycles. The van der Waals surface area contributed by atoms with E-state index in [9.17, 15) is 4.79 Å². The van der Waals surface area contributed by atoms with Crippen LogP contribution in [0.1, 0.15) is 28.2 Å². The third-order valence-corrected chi connectivity index (χ3v) is 3.50. The second-order valence-corrected chi connectivity index (χ2v) is 5.76. The number of aromatic nitrogens is 3. The Labute approximate surface area is 131 Å². The number of carbonyl (C=O) groups is 1. The summed E-state index contributed by atoms with van der Waals surface area (Å²) in [6, 6.07) is 3.70. The Kier molecular flexibility index (Phi) is 4.95. The third-order valence-electron chi connectivity index (χ3n) is 3.07. The predicted molar refractivity (Wildman–Crippen MR) is 85.0 cm³/mol. The zero-order valence-electron chi connectivity index (χ0n) is 12.1. The molecule has 6 nitrogen and oxygen atoms in total. The molecule has 0 aliphatic rings. The van der Waals surface area contributed by atoms with Crippen molar-refractivity contribution >= 4 is 27.7 Å². The normalized spacial score (nSPS) is 10.6. The van der Waals surface area contributed by atoms with Crippen LogP contribution in [0.5, 0.6) is 0 Å². The van der Waals surface area contributed by atoms with Gasteiger partial charge in [-0.1, -0.05) is 0 Å². The molecule has 0 unspecified atom stereocenters. The molecule has 7 heteroatoms. The summed E-state index contributed by atoms with van der Waals surface area (Å²) in [5, 5.41) is 7.22. The van der Waals surface area contributed by atoms with Gasteiger partial charge in [0.05, 0.1) is 11.3 Å². The fourth-order valence-corrected chi connectivity index (χ4v) is 2.39. The molecule has 2 aromatic heterocycles. The molecule has 21 heavy (non-hydrogen) atoms. The first-order chi connectivity index (χ1) is 9.97. The summed E-state index contributed by atoms with van der Waals surface area (Å²) in [6.07, 6.45) is 2.37. The summed E-state index contributed by atoms with van der Waals surface area (Å²) >= 11 is 3.28. The minimum absolute atomic E-state index is 0.213. The zero-order valence-corrected chi connectivity index (χ0v) is 13.6. The Hall–Kier alpha value is -1.89. The van der Waals surface area contributed by atoms with Crippen molar-refractivity contribution in [3.63, 3.8) is 0 Å². The van der Waals surface area contributed by atoms with Gasteiger partial charge < -0.3 is 11.1 Å². The van der Waals surface area contributed by atoms with E-state index in [1.807, 2.05) is 24.6 Å². The van der Waals surface area contributed by atoms with Gasteiger partial charge in [0.1, 0.15) is 5.82 Å². The summed E-state index contributed by atoms with van der Waals surface area (Å²) in [5.74, 6) is 0.0175. The first kappa shape index (κ1) is 15.5. The molecule has 0 saturated heterocycles. The molecule has 0 aliphatic heterocycles. The number of halogens is 1. The minimum atomic E-state index is -0.213. The van der Waals surface area contributed by atoms with E-state index in [1.165, 1.54) is 0 Å². The van der Waals surface area contributed by atoms with E-state index in [1.54, 1.807) is 12.3 Å². The molecule has 2 rings (SSSR count). The molecule has 2 aromatic rings. The Morgan fingerprint density at radius 2 is 2.19 bits per heavy atom. The molecule has 0 aliphatic carbocycles. The van der Waals surface area contributed by atoms with Crippen LogP contribution in [-0.4, -0.2) is 27.2 Å². The van der Waals surface area contributed by atoms with Gasteiger partial charge in [-0.05, 0) is 48.3 Å². The highest BCUT2D eigenvalue weighted by molar-refractivity contribution is 9.10. The molecule has 112 valence electrons. The topological polar surface area (TPSA) is 85.8 Å². The quantitative estimate of drug-likeness (QED) is 0.807. The van der Waals surface area contributed by atoms with E-state index < -0.39 is 0 Å². The van der Waals surface area contributed by atoms with Crippen molar-refractivity contribution in [3.05, 3.63) is 39.8 Å². The van der Waals surface area contributed by atoms with Gasteiger partial charge in [-0.2, -0.15) is 5.10 Å². The van der Waals surface area contributed by atoms with Crippen LogP contribution in [0, 0.1) is 13.8 Å². The van der Waals surface area contributed by atoms with Crippen molar-refractivity contribution < 1.29 is 4.79 Å². The Morgan fingerprint density at radius 3 is 2.86 bits per heavy atom. The number of carbonyl (C=O) groups excluding carboxylic acids is 1. The summed E-state index contributed by atoms with van der Waals surface area (Å²) in [4.78, 5) is 16.0. The molecule has 0 bridgehead atoms. The zero-order chi connectivity index (χ0) is 15.4. The lowest BCUT2D eigenvalue weighted by Crippen LogP contribution is -2.26. The van der Waals surface area contributed by atoms with E-state index >= 15 is 0 Å². The maximum atomic E-state index is 12.0. The van der Waals surface area contributed by atoms with E-state index in [4.69, 9.17) is 5.73 Å². The summed E-state index contributed by atoms with van der Waals surface area (Å²) in [5.41, 5.74) is 8.21. The Balaban J connectivity index is 1.84. The van der Waals surface area contributed by atoms with Gasteiger partial charge in [0.2, 0.25) is 0 Å². The third kappa shape index (κ3) is 4.04. The highest BCUT2D eigenvalue weighted by Gasteiger charge is 2.10. The molecule has 0 saturated carbocycles. The van der Waals surface area contributed by atoms with Gasteiger partial charge in [-0.15, -0.1) is 0 Å². The van der Waals surface area contributed by atoms with Crippen LogP contribution in [0.3, 0.4) is 0 Å². The van der Waals surface area contributed by atoms with Crippen LogP contribution in [0.2, 0.25) is 0 Å². The monoisotopic (exact) mass is 351 g/mol. The number of anilines is 1. The predicted octanol–water partition coefficient (Wildman–Crippen LogP) is 2.06. The molecular weight excluding hydrogens is 334 g/mol. The molecule has 0 atom stereocenters. The fraction of sp³-hybridized carbons (Fsp3) is 0.357. The van der Waals surface area contributed by atoms with Crippen molar-refractivity contribution in [3.8, 4) is 0 Å². The number of nitrogen functional groups attached to an aromatic ring is 1. The lowest BCUT2D eigenvalue weighted by atomic mass is 10.2. The van der Waals surface area contributed by atoms with Gasteiger partial charge in [0, 0.05) is 29.5 Å².